The maximum Gasteiger partial charge on any atom is 0.182 e. The highest BCUT2D eigenvalue weighted by Gasteiger charge is 2.08. The van der Waals surface area contributed by atoms with Crippen LogP contribution in [0.25, 0.3) is 0 Å². The number of nitrogens with one attached hydrogen (secondary N) is 2. The number of hydrogen-bond acceptors (Lipinski definition) is 5. The fraction of sp³-hybridized carbons (Fsp3) is 0.545. The predicted octanol–water partition coefficient (Wildman–Crippen LogP) is 1.15. The molecule has 5 nitrogen and oxygen atoms in total. The van der Waals surface area contributed by atoms with Crippen LogP contribution >= 0.6 is 0 Å². The molecule has 0 bridgehead atoms. The van der Waals surface area contributed by atoms with E-state index >= 15 is 0 Å². The van der Waals surface area contributed by atoms with Crippen LogP contribution in [-0.2, 0) is 0 Å². The van der Waals surface area contributed by atoms with E-state index in [1.54, 1.807) is 6.20 Å². The molecule has 1 heterocycles. The van der Waals surface area contributed by atoms with Gasteiger partial charge >= 0.3 is 0 Å². The molecule has 0 saturated carbocycles. The van der Waals surface area contributed by atoms with Gasteiger partial charge in [-0.1, -0.05) is 0 Å². The molecule has 0 radical (unpaired) electrons. The Bertz CT molecular complexity index is 375. The zero-order valence-corrected chi connectivity index (χ0v) is 9.91. The fourth-order valence-electron chi connectivity index (χ4n) is 1.17. The number of aromatic nitrogens is 2. The lowest BCUT2D eigenvalue weighted by Crippen LogP contribution is -2.38. The molecule has 1 aromatic heterocycles. The van der Waals surface area contributed by atoms with E-state index in [0.717, 1.165) is 6.54 Å². The summed E-state index contributed by atoms with van der Waals surface area (Å²) in [6, 6.07) is 2.00. The van der Waals surface area contributed by atoms with E-state index in [1.165, 1.54) is 6.20 Å². The van der Waals surface area contributed by atoms with Gasteiger partial charge in [0.2, 0.25) is 0 Å². The van der Waals surface area contributed by atoms with Gasteiger partial charge in [-0.2, -0.15) is 5.26 Å². The molecule has 1 aromatic rings. The first kappa shape index (κ1) is 12.4. The Kier molecular flexibility index (Phi) is 4.20. The maximum atomic E-state index is 8.80. The van der Waals surface area contributed by atoms with Gasteiger partial charge < -0.3 is 10.6 Å². The minimum atomic E-state index is 0.0993. The highest BCUT2D eigenvalue weighted by molar-refractivity contribution is 5.46. The Hall–Kier alpha value is -1.67. The molecule has 0 amide bonds. The van der Waals surface area contributed by atoms with Crippen LogP contribution in [-0.4, -0.2) is 28.6 Å². The summed E-state index contributed by atoms with van der Waals surface area (Å²) in [7, 11) is 0. The highest BCUT2D eigenvalue weighted by atomic mass is 15.0. The predicted molar refractivity (Wildman–Crippen MR) is 63.0 cm³/mol. The van der Waals surface area contributed by atoms with E-state index in [-0.39, 0.29) is 5.54 Å². The summed E-state index contributed by atoms with van der Waals surface area (Å²) >= 11 is 0. The van der Waals surface area contributed by atoms with Crippen LogP contribution in [0, 0.1) is 11.3 Å². The van der Waals surface area contributed by atoms with Crippen LogP contribution in [0.3, 0.4) is 0 Å². The second kappa shape index (κ2) is 5.42. The third-order valence-corrected chi connectivity index (χ3v) is 1.88. The standard InChI is InChI=1S/C11H17N5/c1-11(2,3)16-7-6-15-10-9(8-12)13-4-5-14-10/h4-5,16H,6-7H2,1-3H3,(H,14,15). The summed E-state index contributed by atoms with van der Waals surface area (Å²) in [5, 5.41) is 15.2. The van der Waals surface area contributed by atoms with E-state index in [0.29, 0.717) is 18.1 Å². The molecule has 86 valence electrons. The lowest BCUT2D eigenvalue weighted by atomic mass is 10.1. The lowest BCUT2D eigenvalue weighted by molar-refractivity contribution is 0.435. The quantitative estimate of drug-likeness (QED) is 0.743. The molecule has 0 saturated heterocycles. The summed E-state index contributed by atoms with van der Waals surface area (Å²) in [5.74, 6) is 0.542. The van der Waals surface area contributed by atoms with Crippen LogP contribution in [0.1, 0.15) is 26.5 Å². The van der Waals surface area contributed by atoms with Gasteiger partial charge in [0.15, 0.2) is 11.5 Å². The van der Waals surface area contributed by atoms with Crippen LogP contribution in [0.5, 0.6) is 0 Å². The molecule has 0 aliphatic carbocycles. The maximum absolute atomic E-state index is 8.80. The van der Waals surface area contributed by atoms with Crippen molar-refractivity contribution < 1.29 is 0 Å². The van der Waals surface area contributed by atoms with Gasteiger partial charge in [0.25, 0.3) is 0 Å². The average molecular weight is 219 g/mol. The van der Waals surface area contributed by atoms with E-state index in [4.69, 9.17) is 5.26 Å². The van der Waals surface area contributed by atoms with Crippen molar-refractivity contribution in [1.29, 1.82) is 5.26 Å². The zero-order chi connectivity index (χ0) is 12.0. The van der Waals surface area contributed by atoms with E-state index in [9.17, 15) is 0 Å². The first-order chi connectivity index (χ1) is 7.53. The molecule has 0 aliphatic rings. The van der Waals surface area contributed by atoms with Gasteiger partial charge in [0.05, 0.1) is 0 Å². The third-order valence-electron chi connectivity index (χ3n) is 1.88. The number of anilines is 1. The summed E-state index contributed by atoms with van der Waals surface area (Å²) in [6.45, 7) is 7.84. The van der Waals surface area contributed by atoms with Gasteiger partial charge in [-0.3, -0.25) is 0 Å². The normalized spacial score (nSPS) is 10.9. The number of rotatable bonds is 4. The van der Waals surface area contributed by atoms with Crippen LogP contribution < -0.4 is 10.6 Å². The van der Waals surface area contributed by atoms with E-state index in [1.807, 2.05) is 6.07 Å². The van der Waals surface area contributed by atoms with Gasteiger partial charge in [-0.05, 0) is 20.8 Å². The lowest BCUT2D eigenvalue weighted by Gasteiger charge is -2.20. The second-order valence-corrected chi connectivity index (χ2v) is 4.47. The third kappa shape index (κ3) is 4.24. The molecule has 0 aromatic carbocycles. The van der Waals surface area contributed by atoms with Crippen molar-refractivity contribution in [3.05, 3.63) is 18.1 Å². The van der Waals surface area contributed by atoms with Gasteiger partial charge in [0, 0.05) is 31.0 Å². The molecule has 0 atom stereocenters. The molecule has 2 N–H and O–H groups in total. The van der Waals surface area contributed by atoms with Crippen LogP contribution in [0.15, 0.2) is 12.4 Å². The summed E-state index contributed by atoms with van der Waals surface area (Å²) in [5.41, 5.74) is 0.431. The summed E-state index contributed by atoms with van der Waals surface area (Å²) < 4.78 is 0. The van der Waals surface area contributed by atoms with Crippen molar-refractivity contribution in [1.82, 2.24) is 15.3 Å². The molecule has 0 aliphatic heterocycles. The number of nitrogens with zero attached hydrogens (tertiary/aromatic N) is 3. The molecular weight excluding hydrogens is 202 g/mol. The second-order valence-electron chi connectivity index (χ2n) is 4.47. The molecule has 0 fully saturated rings. The molecule has 0 spiro atoms. The summed E-state index contributed by atoms with van der Waals surface area (Å²) in [4.78, 5) is 7.98. The number of hydrogen-bond donors (Lipinski definition) is 2. The molecule has 1 rings (SSSR count). The average Bonchev–Trinajstić information content (AvgIpc) is 2.23. The SMILES string of the molecule is CC(C)(C)NCCNc1nccnc1C#N. The summed E-state index contributed by atoms with van der Waals surface area (Å²) in [6.07, 6.45) is 3.08. The van der Waals surface area contributed by atoms with Gasteiger partial charge in [0.1, 0.15) is 6.07 Å². The first-order valence-corrected chi connectivity index (χ1v) is 5.23. The monoisotopic (exact) mass is 219 g/mol. The smallest absolute Gasteiger partial charge is 0.182 e. The topological polar surface area (TPSA) is 73.6 Å². The van der Waals surface area contributed by atoms with E-state index < -0.39 is 0 Å². The zero-order valence-electron chi connectivity index (χ0n) is 9.91. The Morgan fingerprint density at radius 1 is 1.25 bits per heavy atom. The number of nitriles is 1. The fourth-order valence-corrected chi connectivity index (χ4v) is 1.17. The van der Waals surface area contributed by atoms with Crippen LogP contribution in [0.2, 0.25) is 0 Å². The van der Waals surface area contributed by atoms with Crippen molar-refractivity contribution >= 4 is 5.82 Å². The first-order valence-electron chi connectivity index (χ1n) is 5.23. The van der Waals surface area contributed by atoms with Crippen molar-refractivity contribution in [2.75, 3.05) is 18.4 Å². The molecule has 0 unspecified atom stereocenters. The van der Waals surface area contributed by atoms with Gasteiger partial charge in [-0.15, -0.1) is 0 Å². The van der Waals surface area contributed by atoms with Crippen molar-refractivity contribution in [3.8, 4) is 6.07 Å². The van der Waals surface area contributed by atoms with E-state index in [2.05, 4.69) is 41.4 Å². The Morgan fingerprint density at radius 2 is 1.94 bits per heavy atom. The Labute approximate surface area is 95.9 Å². The van der Waals surface area contributed by atoms with Gasteiger partial charge in [-0.25, -0.2) is 9.97 Å². The van der Waals surface area contributed by atoms with Crippen molar-refractivity contribution in [3.63, 3.8) is 0 Å². The molecule has 16 heavy (non-hydrogen) atoms. The van der Waals surface area contributed by atoms with Crippen molar-refractivity contribution in [2.24, 2.45) is 0 Å². The molecule has 5 heteroatoms. The highest BCUT2D eigenvalue weighted by Crippen LogP contribution is 2.05. The Morgan fingerprint density at radius 3 is 2.56 bits per heavy atom. The molecular formula is C11H17N5. The largest absolute Gasteiger partial charge is 0.366 e. The minimum Gasteiger partial charge on any atom is -0.366 e. The minimum absolute atomic E-state index is 0.0993. The van der Waals surface area contributed by atoms with Crippen LogP contribution in [0.4, 0.5) is 5.82 Å². The Balaban J connectivity index is 2.41. The van der Waals surface area contributed by atoms with Crippen molar-refractivity contribution in [2.45, 2.75) is 26.3 Å².